The molecule has 1 N–H and O–H groups in total. The lowest BCUT2D eigenvalue weighted by molar-refractivity contribution is 0.00582. The molecule has 1 unspecified atom stereocenters. The van der Waals surface area contributed by atoms with Crippen LogP contribution in [0.4, 0.5) is 0 Å². The van der Waals surface area contributed by atoms with Gasteiger partial charge in [0.05, 0.1) is 24.5 Å². The Morgan fingerprint density at radius 3 is 2.79 bits per heavy atom. The molecule has 0 fully saturated rings. The van der Waals surface area contributed by atoms with Gasteiger partial charge in [0, 0.05) is 19.7 Å². The van der Waals surface area contributed by atoms with Crippen LogP contribution in [-0.2, 0) is 18.2 Å². The summed E-state index contributed by atoms with van der Waals surface area (Å²) in [6.07, 6.45) is 2.11. The maximum atomic E-state index is 9.59. The second-order valence-corrected chi connectivity index (χ2v) is 3.72. The van der Waals surface area contributed by atoms with Crippen molar-refractivity contribution in [3.8, 4) is 0 Å². The van der Waals surface area contributed by atoms with Crippen LogP contribution in [-0.4, -0.2) is 33.7 Å². The zero-order chi connectivity index (χ0) is 10.6. The molecule has 1 aromatic heterocycles. The molecule has 0 bridgehead atoms. The van der Waals surface area contributed by atoms with Crippen molar-refractivity contribution in [2.75, 3.05) is 6.61 Å². The van der Waals surface area contributed by atoms with Crippen molar-refractivity contribution in [2.24, 2.45) is 7.05 Å². The molecule has 0 radical (unpaired) electrons. The van der Waals surface area contributed by atoms with E-state index < -0.39 is 6.10 Å². The molecule has 0 saturated carbocycles. The van der Waals surface area contributed by atoms with Crippen LogP contribution in [0, 0.1) is 0 Å². The van der Waals surface area contributed by atoms with Crippen molar-refractivity contribution in [3.63, 3.8) is 0 Å². The van der Waals surface area contributed by atoms with E-state index >= 15 is 0 Å². The molecule has 1 heterocycles. The topological polar surface area (TPSA) is 47.3 Å². The highest BCUT2D eigenvalue weighted by Gasteiger charge is 2.08. The number of ether oxygens (including phenoxy) is 1. The molecular formula is C10H18N2O2. The van der Waals surface area contributed by atoms with Gasteiger partial charge in [-0.25, -0.2) is 0 Å². The molecule has 1 aromatic rings. The monoisotopic (exact) mass is 198 g/mol. The van der Waals surface area contributed by atoms with Gasteiger partial charge in [0.1, 0.15) is 0 Å². The molecule has 0 spiro atoms. The van der Waals surface area contributed by atoms with E-state index in [2.05, 4.69) is 5.10 Å². The van der Waals surface area contributed by atoms with E-state index in [1.807, 2.05) is 33.2 Å². The third-order valence-electron chi connectivity index (χ3n) is 1.84. The number of aliphatic hydroxyl groups is 1. The Kier molecular flexibility index (Phi) is 4.10. The summed E-state index contributed by atoms with van der Waals surface area (Å²) in [6, 6.07) is 1.90. The van der Waals surface area contributed by atoms with Crippen molar-refractivity contribution in [1.82, 2.24) is 9.78 Å². The Bertz CT molecular complexity index is 271. The largest absolute Gasteiger partial charge is 0.390 e. The Labute approximate surface area is 84.5 Å². The number of hydrogen-bond acceptors (Lipinski definition) is 3. The molecule has 0 aromatic carbocycles. The highest BCUT2D eigenvalue weighted by atomic mass is 16.5. The molecule has 0 aliphatic rings. The number of rotatable bonds is 5. The van der Waals surface area contributed by atoms with Crippen LogP contribution in [0.5, 0.6) is 0 Å². The van der Waals surface area contributed by atoms with Gasteiger partial charge in [-0.3, -0.25) is 4.68 Å². The van der Waals surface area contributed by atoms with Crippen LogP contribution >= 0.6 is 0 Å². The van der Waals surface area contributed by atoms with Crippen molar-refractivity contribution >= 4 is 0 Å². The maximum absolute atomic E-state index is 9.59. The molecule has 1 atom stereocenters. The van der Waals surface area contributed by atoms with Crippen LogP contribution < -0.4 is 0 Å². The summed E-state index contributed by atoms with van der Waals surface area (Å²) in [5.74, 6) is 0. The van der Waals surface area contributed by atoms with Crippen LogP contribution in [0.15, 0.2) is 12.3 Å². The first-order valence-corrected chi connectivity index (χ1v) is 4.86. The highest BCUT2D eigenvalue weighted by Crippen LogP contribution is 2.01. The summed E-state index contributed by atoms with van der Waals surface area (Å²) < 4.78 is 7.03. The summed E-state index contributed by atoms with van der Waals surface area (Å²) >= 11 is 0. The molecule has 4 heteroatoms. The Hall–Kier alpha value is -0.870. The molecule has 0 amide bonds. The van der Waals surface area contributed by atoms with Gasteiger partial charge < -0.3 is 9.84 Å². The number of aliphatic hydroxyl groups excluding tert-OH is 1. The van der Waals surface area contributed by atoms with Crippen molar-refractivity contribution < 1.29 is 9.84 Å². The minimum Gasteiger partial charge on any atom is -0.390 e. The predicted octanol–water partition coefficient (Wildman–Crippen LogP) is 0.748. The Morgan fingerprint density at radius 1 is 1.57 bits per heavy atom. The zero-order valence-corrected chi connectivity index (χ0v) is 8.97. The average Bonchev–Trinajstić information content (AvgIpc) is 2.48. The molecular weight excluding hydrogens is 180 g/mol. The van der Waals surface area contributed by atoms with E-state index in [0.717, 1.165) is 5.69 Å². The van der Waals surface area contributed by atoms with Gasteiger partial charge in [-0.15, -0.1) is 0 Å². The molecule has 0 aliphatic carbocycles. The van der Waals surface area contributed by atoms with Crippen LogP contribution in [0.3, 0.4) is 0 Å². The molecule has 14 heavy (non-hydrogen) atoms. The van der Waals surface area contributed by atoms with Crippen molar-refractivity contribution in [1.29, 1.82) is 0 Å². The second-order valence-electron chi connectivity index (χ2n) is 3.72. The summed E-state index contributed by atoms with van der Waals surface area (Å²) in [6.45, 7) is 4.27. The van der Waals surface area contributed by atoms with Crippen LogP contribution in [0.2, 0.25) is 0 Å². The van der Waals surface area contributed by atoms with E-state index in [-0.39, 0.29) is 6.10 Å². The van der Waals surface area contributed by atoms with Crippen LogP contribution in [0.1, 0.15) is 19.5 Å². The second kappa shape index (κ2) is 5.12. The molecule has 0 saturated heterocycles. The lowest BCUT2D eigenvalue weighted by Crippen LogP contribution is -2.21. The van der Waals surface area contributed by atoms with E-state index in [0.29, 0.717) is 13.0 Å². The number of aromatic nitrogens is 2. The number of aryl methyl sites for hydroxylation is 1. The fraction of sp³-hybridized carbons (Fsp3) is 0.700. The Morgan fingerprint density at radius 2 is 2.29 bits per heavy atom. The van der Waals surface area contributed by atoms with Gasteiger partial charge in [-0.05, 0) is 19.9 Å². The first-order chi connectivity index (χ1) is 6.58. The van der Waals surface area contributed by atoms with E-state index in [4.69, 9.17) is 4.74 Å². The van der Waals surface area contributed by atoms with Gasteiger partial charge in [0.2, 0.25) is 0 Å². The van der Waals surface area contributed by atoms with Gasteiger partial charge in [0.25, 0.3) is 0 Å². The maximum Gasteiger partial charge on any atom is 0.0829 e. The number of hydrogen-bond donors (Lipinski definition) is 1. The van der Waals surface area contributed by atoms with Gasteiger partial charge >= 0.3 is 0 Å². The Balaban J connectivity index is 2.30. The smallest absolute Gasteiger partial charge is 0.0829 e. The first kappa shape index (κ1) is 11.2. The SMILES string of the molecule is CC(C)OCC(O)Cc1ccn(C)n1. The lowest BCUT2D eigenvalue weighted by Gasteiger charge is -2.12. The van der Waals surface area contributed by atoms with Crippen LogP contribution in [0.25, 0.3) is 0 Å². The third kappa shape index (κ3) is 3.89. The fourth-order valence-electron chi connectivity index (χ4n) is 1.18. The van der Waals surface area contributed by atoms with E-state index in [1.165, 1.54) is 0 Å². The minimum absolute atomic E-state index is 0.161. The third-order valence-corrected chi connectivity index (χ3v) is 1.84. The summed E-state index contributed by atoms with van der Waals surface area (Å²) in [7, 11) is 1.86. The number of nitrogens with zero attached hydrogens (tertiary/aromatic N) is 2. The normalized spacial score (nSPS) is 13.5. The van der Waals surface area contributed by atoms with Crippen molar-refractivity contribution in [2.45, 2.75) is 32.5 Å². The summed E-state index contributed by atoms with van der Waals surface area (Å²) in [5, 5.41) is 13.8. The summed E-state index contributed by atoms with van der Waals surface area (Å²) in [5.41, 5.74) is 0.896. The summed E-state index contributed by atoms with van der Waals surface area (Å²) in [4.78, 5) is 0. The molecule has 0 aliphatic heterocycles. The van der Waals surface area contributed by atoms with Gasteiger partial charge in [-0.2, -0.15) is 5.10 Å². The quantitative estimate of drug-likeness (QED) is 0.759. The first-order valence-electron chi connectivity index (χ1n) is 4.86. The molecule has 1 rings (SSSR count). The fourth-order valence-corrected chi connectivity index (χ4v) is 1.18. The standard InChI is InChI=1S/C10H18N2O2/c1-8(2)14-7-10(13)6-9-4-5-12(3)11-9/h4-5,8,10,13H,6-7H2,1-3H3. The minimum atomic E-state index is -0.465. The van der Waals surface area contributed by atoms with Gasteiger partial charge in [0.15, 0.2) is 0 Å². The van der Waals surface area contributed by atoms with Gasteiger partial charge in [-0.1, -0.05) is 0 Å². The average molecular weight is 198 g/mol. The predicted molar refractivity (Wildman–Crippen MR) is 54.0 cm³/mol. The van der Waals surface area contributed by atoms with Crippen molar-refractivity contribution in [3.05, 3.63) is 18.0 Å². The van der Waals surface area contributed by atoms with E-state index in [9.17, 15) is 5.11 Å². The van der Waals surface area contributed by atoms with E-state index in [1.54, 1.807) is 4.68 Å². The molecule has 80 valence electrons. The highest BCUT2D eigenvalue weighted by molar-refractivity contribution is 5.00. The lowest BCUT2D eigenvalue weighted by atomic mass is 10.2. The molecule has 4 nitrogen and oxygen atoms in total. The zero-order valence-electron chi connectivity index (χ0n) is 8.97.